The van der Waals surface area contributed by atoms with E-state index in [1.54, 1.807) is 25.4 Å². The molecule has 2 rings (SSSR count). The van der Waals surface area contributed by atoms with Crippen LogP contribution in [0.25, 0.3) is 0 Å². The summed E-state index contributed by atoms with van der Waals surface area (Å²) in [6, 6.07) is 3.31. The highest BCUT2D eigenvalue weighted by Crippen LogP contribution is 2.16. The number of amides is 1. The number of piperidine rings is 1. The molecule has 0 aromatic carbocycles. The Morgan fingerprint density at radius 1 is 1.53 bits per heavy atom. The quantitative estimate of drug-likeness (QED) is 0.827. The molecular formula is C12H17N3O2. The van der Waals surface area contributed by atoms with Gasteiger partial charge in [-0.15, -0.1) is 0 Å². The Morgan fingerprint density at radius 2 is 2.24 bits per heavy atom. The number of carbonyl (C=O) groups is 1. The van der Waals surface area contributed by atoms with Gasteiger partial charge in [-0.2, -0.15) is 0 Å². The molecule has 1 fully saturated rings. The molecule has 2 N–H and O–H groups in total. The Bertz CT molecular complexity index is 400. The summed E-state index contributed by atoms with van der Waals surface area (Å²) in [6.07, 6.45) is 3.62. The summed E-state index contributed by atoms with van der Waals surface area (Å²) in [5, 5.41) is 0. The Balaban J connectivity index is 2.02. The molecule has 92 valence electrons. The van der Waals surface area contributed by atoms with Gasteiger partial charge in [0.2, 0.25) is 0 Å². The van der Waals surface area contributed by atoms with Crippen molar-refractivity contribution in [3.05, 3.63) is 23.9 Å². The minimum atomic E-state index is 0.0219. The lowest BCUT2D eigenvalue weighted by Gasteiger charge is -2.31. The van der Waals surface area contributed by atoms with Gasteiger partial charge in [0.05, 0.1) is 6.10 Å². The van der Waals surface area contributed by atoms with E-state index in [-0.39, 0.29) is 12.0 Å². The highest BCUT2D eigenvalue weighted by Gasteiger charge is 2.23. The van der Waals surface area contributed by atoms with Crippen LogP contribution >= 0.6 is 0 Å². The third-order valence-corrected chi connectivity index (χ3v) is 3.09. The van der Waals surface area contributed by atoms with Crippen molar-refractivity contribution in [2.75, 3.05) is 25.9 Å². The molecule has 0 saturated carbocycles. The van der Waals surface area contributed by atoms with E-state index in [4.69, 9.17) is 10.5 Å². The number of nitrogens with two attached hydrogens (primary N) is 1. The zero-order valence-corrected chi connectivity index (χ0v) is 9.93. The fourth-order valence-corrected chi connectivity index (χ4v) is 2.06. The van der Waals surface area contributed by atoms with Gasteiger partial charge in [0.25, 0.3) is 5.91 Å². The number of carbonyl (C=O) groups excluding carboxylic acids is 1. The van der Waals surface area contributed by atoms with Crippen molar-refractivity contribution in [2.24, 2.45) is 0 Å². The van der Waals surface area contributed by atoms with E-state index < -0.39 is 0 Å². The topological polar surface area (TPSA) is 68.5 Å². The molecule has 2 heterocycles. The van der Waals surface area contributed by atoms with Crippen LogP contribution in [0, 0.1) is 0 Å². The van der Waals surface area contributed by atoms with Crippen LogP contribution in [-0.2, 0) is 4.74 Å². The zero-order chi connectivity index (χ0) is 12.3. The molecule has 5 nitrogen and oxygen atoms in total. The molecule has 5 heteroatoms. The van der Waals surface area contributed by atoms with E-state index in [9.17, 15) is 4.79 Å². The van der Waals surface area contributed by atoms with Gasteiger partial charge in [-0.05, 0) is 25.0 Å². The molecule has 17 heavy (non-hydrogen) atoms. The first kappa shape index (κ1) is 11.9. The van der Waals surface area contributed by atoms with E-state index >= 15 is 0 Å². The maximum absolute atomic E-state index is 12.1. The average molecular weight is 235 g/mol. The first-order valence-corrected chi connectivity index (χ1v) is 5.74. The number of hydrogen-bond acceptors (Lipinski definition) is 4. The first-order chi connectivity index (χ1) is 8.20. The Morgan fingerprint density at radius 3 is 2.82 bits per heavy atom. The third-order valence-electron chi connectivity index (χ3n) is 3.09. The first-order valence-electron chi connectivity index (χ1n) is 5.74. The fraction of sp³-hybridized carbons (Fsp3) is 0.500. The van der Waals surface area contributed by atoms with Crippen LogP contribution in [0.2, 0.25) is 0 Å². The number of nitrogen functional groups attached to an aromatic ring is 1. The number of pyridine rings is 1. The Labute approximate surface area is 101 Å². The summed E-state index contributed by atoms with van der Waals surface area (Å²) in [5.41, 5.74) is 6.17. The fourth-order valence-electron chi connectivity index (χ4n) is 2.06. The zero-order valence-electron chi connectivity index (χ0n) is 9.93. The highest BCUT2D eigenvalue weighted by molar-refractivity contribution is 5.94. The summed E-state index contributed by atoms with van der Waals surface area (Å²) in [7, 11) is 1.71. The molecule has 1 aromatic rings. The predicted molar refractivity (Wildman–Crippen MR) is 64.6 cm³/mol. The van der Waals surface area contributed by atoms with Gasteiger partial charge in [-0.25, -0.2) is 4.98 Å². The molecule has 1 aliphatic heterocycles. The number of rotatable bonds is 2. The van der Waals surface area contributed by atoms with Crippen molar-refractivity contribution in [1.82, 2.24) is 9.88 Å². The molecule has 1 aromatic heterocycles. The van der Waals surface area contributed by atoms with Gasteiger partial charge >= 0.3 is 0 Å². The maximum atomic E-state index is 12.1. The molecule has 0 atom stereocenters. The molecule has 0 unspecified atom stereocenters. The minimum absolute atomic E-state index is 0.0219. The number of nitrogens with zero attached hydrogens (tertiary/aromatic N) is 2. The van der Waals surface area contributed by atoms with Gasteiger partial charge in [0.1, 0.15) is 5.82 Å². The second-order valence-corrected chi connectivity index (χ2v) is 4.20. The predicted octanol–water partition coefficient (Wildman–Crippen LogP) is 0.915. The van der Waals surface area contributed by atoms with Crippen LogP contribution in [0.1, 0.15) is 23.2 Å². The van der Waals surface area contributed by atoms with Crippen molar-refractivity contribution in [3.8, 4) is 0 Å². The molecule has 0 aliphatic carbocycles. The van der Waals surface area contributed by atoms with Gasteiger partial charge in [-0.3, -0.25) is 4.79 Å². The van der Waals surface area contributed by atoms with Crippen LogP contribution in [0.4, 0.5) is 5.82 Å². The summed E-state index contributed by atoms with van der Waals surface area (Å²) in [5.74, 6) is 0.399. The van der Waals surface area contributed by atoms with Crippen molar-refractivity contribution < 1.29 is 9.53 Å². The van der Waals surface area contributed by atoms with E-state index in [0.717, 1.165) is 25.9 Å². The van der Waals surface area contributed by atoms with E-state index in [0.29, 0.717) is 11.4 Å². The molecule has 1 amide bonds. The Hall–Kier alpha value is -1.62. The summed E-state index contributed by atoms with van der Waals surface area (Å²) in [4.78, 5) is 17.9. The minimum Gasteiger partial charge on any atom is -0.384 e. The largest absolute Gasteiger partial charge is 0.384 e. The lowest BCUT2D eigenvalue weighted by Crippen LogP contribution is -2.40. The molecule has 0 spiro atoms. The smallest absolute Gasteiger partial charge is 0.254 e. The second-order valence-electron chi connectivity index (χ2n) is 4.20. The summed E-state index contributed by atoms with van der Waals surface area (Å²) < 4.78 is 5.28. The van der Waals surface area contributed by atoms with Crippen molar-refractivity contribution in [3.63, 3.8) is 0 Å². The molecule has 1 aliphatic rings. The van der Waals surface area contributed by atoms with Crippen LogP contribution in [-0.4, -0.2) is 42.1 Å². The number of ether oxygens (including phenoxy) is 1. The molecule has 0 bridgehead atoms. The van der Waals surface area contributed by atoms with E-state index in [2.05, 4.69) is 4.98 Å². The van der Waals surface area contributed by atoms with Crippen LogP contribution in [0.3, 0.4) is 0 Å². The summed E-state index contributed by atoms with van der Waals surface area (Å²) >= 11 is 0. The number of likely N-dealkylation sites (tertiary alicyclic amines) is 1. The lowest BCUT2D eigenvalue weighted by atomic mass is 10.1. The third kappa shape index (κ3) is 2.74. The average Bonchev–Trinajstić information content (AvgIpc) is 2.38. The van der Waals surface area contributed by atoms with E-state index in [1.807, 2.05) is 4.90 Å². The van der Waals surface area contributed by atoms with Crippen LogP contribution in [0.5, 0.6) is 0 Å². The highest BCUT2D eigenvalue weighted by atomic mass is 16.5. The maximum Gasteiger partial charge on any atom is 0.254 e. The molecular weight excluding hydrogens is 218 g/mol. The van der Waals surface area contributed by atoms with Crippen molar-refractivity contribution in [2.45, 2.75) is 18.9 Å². The number of anilines is 1. The second kappa shape index (κ2) is 5.14. The van der Waals surface area contributed by atoms with Crippen molar-refractivity contribution >= 4 is 11.7 Å². The Kier molecular flexibility index (Phi) is 3.58. The number of methoxy groups -OCH3 is 1. The monoisotopic (exact) mass is 235 g/mol. The number of hydrogen-bond donors (Lipinski definition) is 1. The van der Waals surface area contributed by atoms with E-state index in [1.165, 1.54) is 0 Å². The van der Waals surface area contributed by atoms with Gasteiger partial charge in [0.15, 0.2) is 0 Å². The summed E-state index contributed by atoms with van der Waals surface area (Å²) in [6.45, 7) is 1.47. The normalized spacial score (nSPS) is 17.1. The number of aromatic nitrogens is 1. The van der Waals surface area contributed by atoms with Crippen LogP contribution in [0.15, 0.2) is 18.3 Å². The molecule has 1 saturated heterocycles. The SMILES string of the molecule is COC1CCN(C(=O)c2ccnc(N)c2)CC1. The van der Waals surface area contributed by atoms with Crippen LogP contribution < -0.4 is 5.73 Å². The lowest BCUT2D eigenvalue weighted by molar-refractivity contribution is 0.0351. The van der Waals surface area contributed by atoms with Gasteiger partial charge < -0.3 is 15.4 Å². The molecule has 0 radical (unpaired) electrons. The van der Waals surface area contributed by atoms with Gasteiger partial charge in [0, 0.05) is 32.0 Å². The standard InChI is InChI=1S/C12H17N3O2/c1-17-10-3-6-15(7-4-10)12(16)9-2-5-14-11(13)8-9/h2,5,8,10H,3-4,6-7H2,1H3,(H2,13,14). The van der Waals surface area contributed by atoms with Gasteiger partial charge in [-0.1, -0.05) is 0 Å². The van der Waals surface area contributed by atoms with Crippen molar-refractivity contribution in [1.29, 1.82) is 0 Å².